The van der Waals surface area contributed by atoms with Gasteiger partial charge in [0.2, 0.25) is 11.8 Å². The first-order valence-corrected chi connectivity index (χ1v) is 13.7. The molecule has 4 atom stereocenters. The Kier molecular flexibility index (Phi) is 10.8. The molecule has 4 unspecified atom stereocenters. The summed E-state index contributed by atoms with van der Waals surface area (Å²) in [5.41, 5.74) is 0.302. The number of aryl methyl sites for hydroxylation is 1. The Hall–Kier alpha value is -2.77. The number of hydrogen-bond acceptors (Lipinski definition) is 5. The molecule has 1 aliphatic carbocycles. The number of nitrogens with one attached hydrogen (secondary N) is 2. The van der Waals surface area contributed by atoms with E-state index in [9.17, 15) is 19.5 Å². The van der Waals surface area contributed by atoms with Crippen LogP contribution in [0, 0.1) is 12.8 Å². The molecule has 0 radical (unpaired) electrons. The number of phenols is 1. The van der Waals surface area contributed by atoms with Crippen LogP contribution in [-0.4, -0.2) is 51.6 Å². The minimum absolute atomic E-state index is 0.00288. The number of carbonyl (C=O) groups is 3. The molecular formula is C29H47N3O5. The fourth-order valence-corrected chi connectivity index (χ4v) is 4.61. The first-order chi connectivity index (χ1) is 17.3. The summed E-state index contributed by atoms with van der Waals surface area (Å²) >= 11 is 0. The molecule has 1 aromatic rings. The molecule has 2 rings (SSSR count). The van der Waals surface area contributed by atoms with Crippen molar-refractivity contribution < 1.29 is 24.2 Å². The first kappa shape index (κ1) is 30.5. The lowest BCUT2D eigenvalue weighted by molar-refractivity contribution is -0.148. The Morgan fingerprint density at radius 1 is 1.14 bits per heavy atom. The number of phenolic OH excluding ortho intramolecular Hbond substituents is 1. The third kappa shape index (κ3) is 8.11. The summed E-state index contributed by atoms with van der Waals surface area (Å²) in [6.45, 7) is 14.9. The molecule has 8 heteroatoms. The van der Waals surface area contributed by atoms with Crippen LogP contribution in [0.15, 0.2) is 18.2 Å². The van der Waals surface area contributed by atoms with E-state index in [0.717, 1.165) is 32.1 Å². The van der Waals surface area contributed by atoms with Gasteiger partial charge in [0.05, 0.1) is 0 Å². The van der Waals surface area contributed by atoms with E-state index >= 15 is 0 Å². The van der Waals surface area contributed by atoms with Crippen LogP contribution in [0.5, 0.6) is 5.75 Å². The number of nitrogens with zero attached hydrogens (tertiary/aromatic N) is 1. The maximum atomic E-state index is 14.3. The molecule has 208 valence electrons. The van der Waals surface area contributed by atoms with Gasteiger partial charge in [0, 0.05) is 17.6 Å². The number of aromatic hydroxyl groups is 1. The van der Waals surface area contributed by atoms with Gasteiger partial charge in [0.1, 0.15) is 23.4 Å². The second-order valence-electron chi connectivity index (χ2n) is 11.5. The van der Waals surface area contributed by atoms with Crippen molar-refractivity contribution in [1.82, 2.24) is 15.5 Å². The molecule has 3 N–H and O–H groups in total. The van der Waals surface area contributed by atoms with Gasteiger partial charge in [0.25, 0.3) is 0 Å². The van der Waals surface area contributed by atoms with Crippen molar-refractivity contribution in [3.05, 3.63) is 29.3 Å². The first-order valence-electron chi connectivity index (χ1n) is 13.7. The Balaban J connectivity index is 2.56. The number of hydrogen-bond donors (Lipinski definition) is 3. The average Bonchev–Trinajstić information content (AvgIpc) is 2.76. The summed E-state index contributed by atoms with van der Waals surface area (Å²) in [4.78, 5) is 42.5. The average molecular weight is 518 g/mol. The van der Waals surface area contributed by atoms with Gasteiger partial charge >= 0.3 is 6.09 Å². The fraction of sp³-hybridized carbons (Fsp3) is 0.690. The summed E-state index contributed by atoms with van der Waals surface area (Å²) < 4.78 is 5.46. The number of benzene rings is 1. The fourth-order valence-electron chi connectivity index (χ4n) is 4.61. The van der Waals surface area contributed by atoms with Crippen LogP contribution >= 0.6 is 0 Å². The van der Waals surface area contributed by atoms with Crippen molar-refractivity contribution in [1.29, 1.82) is 0 Å². The van der Waals surface area contributed by atoms with E-state index in [4.69, 9.17) is 4.74 Å². The van der Waals surface area contributed by atoms with Gasteiger partial charge in [0.15, 0.2) is 0 Å². The molecule has 37 heavy (non-hydrogen) atoms. The van der Waals surface area contributed by atoms with Crippen molar-refractivity contribution in [2.45, 2.75) is 124 Å². The Morgan fingerprint density at radius 2 is 1.78 bits per heavy atom. The summed E-state index contributed by atoms with van der Waals surface area (Å²) in [5, 5.41) is 16.9. The lowest BCUT2D eigenvalue weighted by Gasteiger charge is -2.44. The molecule has 1 aliphatic rings. The highest BCUT2D eigenvalue weighted by Gasteiger charge is 2.44. The van der Waals surface area contributed by atoms with Crippen molar-refractivity contribution >= 4 is 17.9 Å². The maximum absolute atomic E-state index is 14.3. The summed E-state index contributed by atoms with van der Waals surface area (Å²) in [6.07, 6.45) is 4.13. The maximum Gasteiger partial charge on any atom is 0.408 e. The van der Waals surface area contributed by atoms with Crippen LogP contribution in [-0.2, 0) is 14.3 Å². The molecule has 1 fully saturated rings. The third-order valence-electron chi connectivity index (χ3n) is 7.07. The minimum atomic E-state index is -1.02. The largest absolute Gasteiger partial charge is 0.507 e. The van der Waals surface area contributed by atoms with Crippen LogP contribution in [0.4, 0.5) is 4.79 Å². The van der Waals surface area contributed by atoms with Crippen LogP contribution in [0.25, 0.3) is 0 Å². The van der Waals surface area contributed by atoms with Gasteiger partial charge in [-0.05, 0) is 71.8 Å². The van der Waals surface area contributed by atoms with Gasteiger partial charge < -0.3 is 25.4 Å². The van der Waals surface area contributed by atoms with Crippen LogP contribution in [0.3, 0.4) is 0 Å². The summed E-state index contributed by atoms with van der Waals surface area (Å²) in [5.74, 6) is -0.865. The van der Waals surface area contributed by atoms with Crippen molar-refractivity contribution in [3.8, 4) is 5.75 Å². The van der Waals surface area contributed by atoms with E-state index < -0.39 is 23.8 Å². The van der Waals surface area contributed by atoms with E-state index in [1.807, 2.05) is 20.8 Å². The van der Waals surface area contributed by atoms with Gasteiger partial charge in [-0.25, -0.2) is 4.79 Å². The molecule has 3 amide bonds. The minimum Gasteiger partial charge on any atom is -0.507 e. The highest BCUT2D eigenvalue weighted by molar-refractivity contribution is 5.93. The van der Waals surface area contributed by atoms with E-state index in [1.165, 1.54) is 0 Å². The third-order valence-corrected chi connectivity index (χ3v) is 7.07. The zero-order valence-corrected chi connectivity index (χ0v) is 23.9. The number of alkyl carbamates (subject to hydrolysis) is 1. The SMILES string of the molecule is CCCC(C)NC(=O)C(c1cccc(C)c1O)N(C(=O)C(NC(=O)OC(C)(C)C)C(C)CC)C1CCC1. The van der Waals surface area contributed by atoms with Crippen molar-refractivity contribution in [2.75, 3.05) is 0 Å². The Bertz CT molecular complexity index is 938. The molecule has 1 aromatic carbocycles. The van der Waals surface area contributed by atoms with E-state index in [1.54, 1.807) is 50.8 Å². The number of amides is 3. The standard InChI is InChI=1S/C29H47N3O5/c1-9-13-20(5)30-26(34)24(22-17-11-14-19(4)25(22)33)32(21-15-12-16-21)27(35)23(18(3)10-2)31-28(36)37-29(6,7)8/h11,14,17-18,20-21,23-24,33H,9-10,12-13,15-16H2,1-8H3,(H,30,34)(H,31,36). The second kappa shape index (κ2) is 13.2. The lowest BCUT2D eigenvalue weighted by Crippen LogP contribution is -2.59. The number of para-hydroxylation sites is 1. The van der Waals surface area contributed by atoms with Gasteiger partial charge in [-0.3, -0.25) is 9.59 Å². The molecule has 0 aliphatic heterocycles. The van der Waals surface area contributed by atoms with Crippen LogP contribution in [0.2, 0.25) is 0 Å². The lowest BCUT2D eigenvalue weighted by atomic mass is 9.86. The Labute approximate surface area is 222 Å². The van der Waals surface area contributed by atoms with Gasteiger partial charge in [-0.1, -0.05) is 51.8 Å². The highest BCUT2D eigenvalue weighted by Crippen LogP contribution is 2.38. The molecule has 0 saturated heterocycles. The van der Waals surface area contributed by atoms with Gasteiger partial charge in [-0.2, -0.15) is 0 Å². The monoisotopic (exact) mass is 517 g/mol. The normalized spacial score (nSPS) is 17.1. The van der Waals surface area contributed by atoms with E-state index in [2.05, 4.69) is 17.6 Å². The molecule has 0 heterocycles. The topological polar surface area (TPSA) is 108 Å². The van der Waals surface area contributed by atoms with Gasteiger partial charge in [-0.15, -0.1) is 0 Å². The summed E-state index contributed by atoms with van der Waals surface area (Å²) in [7, 11) is 0. The predicted octanol–water partition coefficient (Wildman–Crippen LogP) is 5.37. The van der Waals surface area contributed by atoms with Crippen LogP contribution in [0.1, 0.15) is 104 Å². The second-order valence-corrected chi connectivity index (χ2v) is 11.5. The molecule has 8 nitrogen and oxygen atoms in total. The molecule has 0 bridgehead atoms. The Morgan fingerprint density at radius 3 is 2.30 bits per heavy atom. The zero-order chi connectivity index (χ0) is 27.9. The molecule has 1 saturated carbocycles. The molecule has 0 spiro atoms. The van der Waals surface area contributed by atoms with E-state index in [0.29, 0.717) is 17.5 Å². The van der Waals surface area contributed by atoms with Crippen molar-refractivity contribution in [2.24, 2.45) is 5.92 Å². The highest BCUT2D eigenvalue weighted by atomic mass is 16.6. The van der Waals surface area contributed by atoms with E-state index in [-0.39, 0.29) is 35.6 Å². The smallest absolute Gasteiger partial charge is 0.408 e. The number of carbonyl (C=O) groups excluding carboxylic acids is 3. The van der Waals surface area contributed by atoms with Crippen LogP contribution < -0.4 is 10.6 Å². The quantitative estimate of drug-likeness (QED) is 0.366. The summed E-state index contributed by atoms with van der Waals surface area (Å²) in [6, 6.07) is 3.10. The molecule has 0 aromatic heterocycles. The predicted molar refractivity (Wildman–Crippen MR) is 145 cm³/mol. The zero-order valence-electron chi connectivity index (χ0n) is 23.9. The molecular weight excluding hydrogens is 470 g/mol. The number of ether oxygens (including phenoxy) is 1. The van der Waals surface area contributed by atoms with Crippen molar-refractivity contribution in [3.63, 3.8) is 0 Å². The number of rotatable bonds is 11.